The normalized spacial score (nSPS) is 10.1. The van der Waals surface area contributed by atoms with E-state index in [1.807, 2.05) is 6.92 Å². The van der Waals surface area contributed by atoms with E-state index in [1.165, 1.54) is 0 Å². The van der Waals surface area contributed by atoms with Crippen molar-refractivity contribution < 1.29 is 9.53 Å². The first-order valence-electron chi connectivity index (χ1n) is 4.66. The van der Waals surface area contributed by atoms with E-state index >= 15 is 0 Å². The van der Waals surface area contributed by atoms with Crippen LogP contribution < -0.4 is 5.32 Å². The van der Waals surface area contributed by atoms with E-state index in [4.69, 9.17) is 4.74 Å². The largest absolute Gasteiger partial charge is 0.360 e. The first kappa shape index (κ1) is 10.7. The third-order valence-corrected chi connectivity index (χ3v) is 1.67. The number of hydrogen-bond acceptors (Lipinski definition) is 3. The number of aromatic nitrogens is 2. The summed E-state index contributed by atoms with van der Waals surface area (Å²) in [6.45, 7) is 4.79. The van der Waals surface area contributed by atoms with Gasteiger partial charge in [0, 0.05) is 13.0 Å². The van der Waals surface area contributed by atoms with E-state index < -0.39 is 0 Å². The first-order chi connectivity index (χ1) is 6.76. The van der Waals surface area contributed by atoms with Gasteiger partial charge in [0.25, 0.3) is 0 Å². The minimum atomic E-state index is -0.0130. The summed E-state index contributed by atoms with van der Waals surface area (Å²) in [4.78, 5) is 11.0. The Morgan fingerprint density at radius 3 is 3.07 bits per heavy atom. The highest BCUT2D eigenvalue weighted by Gasteiger charge is 2.01. The van der Waals surface area contributed by atoms with E-state index in [1.54, 1.807) is 24.0 Å². The topological polar surface area (TPSA) is 56.1 Å². The number of hydrogen-bond donors (Lipinski definition) is 1. The van der Waals surface area contributed by atoms with E-state index in [0.717, 1.165) is 0 Å². The van der Waals surface area contributed by atoms with Crippen LogP contribution in [0.15, 0.2) is 12.4 Å². The number of ether oxygens (including phenoxy) is 1. The molecule has 0 spiro atoms. The van der Waals surface area contributed by atoms with Gasteiger partial charge in [-0.25, -0.2) is 4.68 Å². The molecule has 1 rings (SSSR count). The van der Waals surface area contributed by atoms with Crippen molar-refractivity contribution in [2.24, 2.45) is 0 Å². The molecule has 0 bridgehead atoms. The average molecular weight is 197 g/mol. The van der Waals surface area contributed by atoms with Crippen LogP contribution in [0.2, 0.25) is 0 Å². The molecule has 1 amide bonds. The molecule has 1 aromatic rings. The molecule has 0 aliphatic rings. The molecule has 5 nitrogen and oxygen atoms in total. The zero-order valence-corrected chi connectivity index (χ0v) is 8.49. The van der Waals surface area contributed by atoms with Crippen LogP contribution in [0, 0.1) is 0 Å². The molecule has 1 aromatic heterocycles. The van der Waals surface area contributed by atoms with Crippen molar-refractivity contribution in [3.05, 3.63) is 12.4 Å². The van der Waals surface area contributed by atoms with Gasteiger partial charge in [-0.2, -0.15) is 5.10 Å². The highest BCUT2D eigenvalue weighted by atomic mass is 16.5. The average Bonchev–Trinajstić information content (AvgIpc) is 2.62. The zero-order valence-electron chi connectivity index (χ0n) is 8.49. The van der Waals surface area contributed by atoms with E-state index in [2.05, 4.69) is 10.4 Å². The Balaban J connectivity index is 2.46. The minimum Gasteiger partial charge on any atom is -0.360 e. The number of amides is 1. The van der Waals surface area contributed by atoms with Gasteiger partial charge in [0.1, 0.15) is 6.73 Å². The lowest BCUT2D eigenvalue weighted by molar-refractivity contribution is -0.115. The van der Waals surface area contributed by atoms with Crippen LogP contribution in [0.3, 0.4) is 0 Å². The molecular formula is C9H15N3O2. The van der Waals surface area contributed by atoms with Crippen LogP contribution in [0.25, 0.3) is 0 Å². The molecule has 1 heterocycles. The van der Waals surface area contributed by atoms with Crippen LogP contribution in [-0.2, 0) is 16.3 Å². The van der Waals surface area contributed by atoms with E-state index in [-0.39, 0.29) is 5.91 Å². The molecule has 0 aliphatic carbocycles. The Labute approximate surface area is 83.1 Å². The summed E-state index contributed by atoms with van der Waals surface area (Å²) in [6.07, 6.45) is 3.81. The minimum absolute atomic E-state index is 0.0130. The predicted octanol–water partition coefficient (Wildman–Crippen LogP) is 1.23. The Morgan fingerprint density at radius 2 is 2.43 bits per heavy atom. The highest BCUT2D eigenvalue weighted by molar-refractivity contribution is 5.90. The lowest BCUT2D eigenvalue weighted by atomic mass is 10.4. The van der Waals surface area contributed by atoms with Crippen molar-refractivity contribution in [1.82, 2.24) is 9.78 Å². The fourth-order valence-electron chi connectivity index (χ4n) is 0.933. The number of nitrogens with zero attached hydrogens (tertiary/aromatic N) is 2. The number of anilines is 1. The number of nitrogens with one attached hydrogen (secondary N) is 1. The molecule has 0 saturated heterocycles. The van der Waals surface area contributed by atoms with Gasteiger partial charge in [0.05, 0.1) is 18.1 Å². The number of carbonyl (C=O) groups is 1. The van der Waals surface area contributed by atoms with Crippen LogP contribution in [-0.4, -0.2) is 22.3 Å². The summed E-state index contributed by atoms with van der Waals surface area (Å²) in [7, 11) is 0. The molecule has 78 valence electrons. The summed E-state index contributed by atoms with van der Waals surface area (Å²) in [5.41, 5.74) is 0.705. The van der Waals surface area contributed by atoms with Gasteiger partial charge < -0.3 is 10.1 Å². The summed E-state index contributed by atoms with van der Waals surface area (Å²) in [5.74, 6) is -0.0130. The molecule has 5 heteroatoms. The van der Waals surface area contributed by atoms with Gasteiger partial charge in [-0.05, 0) is 6.92 Å². The fourth-order valence-corrected chi connectivity index (χ4v) is 0.933. The molecule has 0 aliphatic heterocycles. The number of carbonyl (C=O) groups excluding carboxylic acids is 1. The molecule has 0 fully saturated rings. The monoisotopic (exact) mass is 197 g/mol. The van der Waals surface area contributed by atoms with Crippen molar-refractivity contribution >= 4 is 11.6 Å². The summed E-state index contributed by atoms with van der Waals surface area (Å²) >= 11 is 0. The van der Waals surface area contributed by atoms with Gasteiger partial charge >= 0.3 is 0 Å². The maximum absolute atomic E-state index is 11.0. The van der Waals surface area contributed by atoms with Crippen LogP contribution in [0.1, 0.15) is 20.3 Å². The Morgan fingerprint density at radius 1 is 1.64 bits per heavy atom. The Bertz CT molecular complexity index is 296. The highest BCUT2D eigenvalue weighted by Crippen LogP contribution is 2.04. The van der Waals surface area contributed by atoms with E-state index in [9.17, 15) is 4.79 Å². The van der Waals surface area contributed by atoms with Crippen LogP contribution in [0.5, 0.6) is 0 Å². The van der Waals surface area contributed by atoms with Gasteiger partial charge in [-0.1, -0.05) is 6.92 Å². The summed E-state index contributed by atoms with van der Waals surface area (Å²) < 4.78 is 6.79. The summed E-state index contributed by atoms with van der Waals surface area (Å²) in [5, 5.41) is 6.73. The quantitative estimate of drug-likeness (QED) is 0.772. The molecule has 14 heavy (non-hydrogen) atoms. The Hall–Kier alpha value is -1.36. The SMILES string of the molecule is CCOCn1cc(NC(=O)CC)cn1. The molecule has 1 N–H and O–H groups in total. The third-order valence-electron chi connectivity index (χ3n) is 1.67. The molecule has 0 radical (unpaired) electrons. The smallest absolute Gasteiger partial charge is 0.224 e. The van der Waals surface area contributed by atoms with Crippen LogP contribution in [0.4, 0.5) is 5.69 Å². The standard InChI is InChI=1S/C9H15N3O2/c1-3-9(13)11-8-5-10-12(6-8)7-14-4-2/h5-6H,3-4,7H2,1-2H3,(H,11,13). The van der Waals surface area contributed by atoms with Gasteiger partial charge in [0.2, 0.25) is 5.91 Å². The number of rotatable bonds is 5. The van der Waals surface area contributed by atoms with Crippen molar-refractivity contribution in [1.29, 1.82) is 0 Å². The van der Waals surface area contributed by atoms with Crippen molar-refractivity contribution in [2.45, 2.75) is 27.0 Å². The van der Waals surface area contributed by atoms with Gasteiger partial charge in [0.15, 0.2) is 0 Å². The van der Waals surface area contributed by atoms with Crippen molar-refractivity contribution in [3.63, 3.8) is 0 Å². The molecule has 0 aromatic carbocycles. The fraction of sp³-hybridized carbons (Fsp3) is 0.556. The molecular weight excluding hydrogens is 182 g/mol. The van der Waals surface area contributed by atoms with Crippen LogP contribution >= 0.6 is 0 Å². The lowest BCUT2D eigenvalue weighted by Crippen LogP contribution is -2.08. The van der Waals surface area contributed by atoms with Gasteiger partial charge in [-0.3, -0.25) is 4.79 Å². The Kier molecular flexibility index (Phi) is 4.12. The molecule has 0 unspecified atom stereocenters. The molecule has 0 atom stereocenters. The van der Waals surface area contributed by atoms with Crippen molar-refractivity contribution in [2.75, 3.05) is 11.9 Å². The van der Waals surface area contributed by atoms with Gasteiger partial charge in [-0.15, -0.1) is 0 Å². The maximum atomic E-state index is 11.0. The summed E-state index contributed by atoms with van der Waals surface area (Å²) in [6, 6.07) is 0. The third kappa shape index (κ3) is 3.18. The zero-order chi connectivity index (χ0) is 10.4. The second-order valence-corrected chi connectivity index (χ2v) is 2.79. The maximum Gasteiger partial charge on any atom is 0.224 e. The second kappa shape index (κ2) is 5.39. The lowest BCUT2D eigenvalue weighted by Gasteiger charge is -2.00. The van der Waals surface area contributed by atoms with Crippen molar-refractivity contribution in [3.8, 4) is 0 Å². The predicted molar refractivity (Wildman–Crippen MR) is 52.8 cm³/mol. The second-order valence-electron chi connectivity index (χ2n) is 2.79. The first-order valence-corrected chi connectivity index (χ1v) is 4.66. The van der Waals surface area contributed by atoms with E-state index in [0.29, 0.717) is 25.4 Å². The molecule has 0 saturated carbocycles.